The van der Waals surface area contributed by atoms with Crippen LogP contribution in [0.3, 0.4) is 0 Å². The van der Waals surface area contributed by atoms with E-state index in [1.54, 1.807) is 0 Å². The average molecular weight is 181 g/mol. The fraction of sp³-hybridized carbons (Fsp3) is 1.00. The summed E-state index contributed by atoms with van der Waals surface area (Å²) in [5.74, 6) is 0. The molecule has 0 bridgehead atoms. The van der Waals surface area contributed by atoms with Gasteiger partial charge in [-0.2, -0.15) is 0 Å². The summed E-state index contributed by atoms with van der Waals surface area (Å²) in [4.78, 5) is 0. The Hall–Kier alpha value is 0.400. The largest absolute Gasteiger partial charge is 0.318 e. The Balaban J connectivity index is 2.53. The molecule has 0 amide bonds. The second kappa shape index (κ2) is 7.40. The van der Waals surface area contributed by atoms with Crippen molar-refractivity contribution in [2.24, 2.45) is 0 Å². The van der Waals surface area contributed by atoms with Crippen molar-refractivity contribution < 1.29 is 0 Å². The van der Waals surface area contributed by atoms with E-state index < -0.39 is 0 Å². The summed E-state index contributed by atoms with van der Waals surface area (Å²) in [6, 6.07) is 0. The van der Waals surface area contributed by atoms with Crippen molar-refractivity contribution in [3.63, 3.8) is 0 Å². The molecule has 0 aliphatic rings. The highest BCUT2D eigenvalue weighted by Gasteiger charge is 1.80. The zero-order valence-electron chi connectivity index (χ0n) is 5.21. The third-order valence-corrected chi connectivity index (χ3v) is 1.22. The lowest BCUT2D eigenvalue weighted by Gasteiger charge is -1.98. The molecule has 0 aromatic carbocycles. The van der Waals surface area contributed by atoms with Gasteiger partial charge in [0.1, 0.15) is 0 Å². The minimum atomic E-state index is 1.04. The lowest BCUT2D eigenvalue weighted by molar-refractivity contribution is 0.676. The van der Waals surface area contributed by atoms with Gasteiger partial charge in [0.05, 0.1) is 0 Å². The Kier molecular flexibility index (Phi) is 7.77. The van der Waals surface area contributed by atoms with E-state index in [0.29, 0.717) is 0 Å². The maximum Gasteiger partial charge on any atom is 0.0157 e. The minimum Gasteiger partial charge on any atom is -0.318 e. The first-order valence-corrected chi connectivity index (χ1v) is 3.95. The van der Waals surface area contributed by atoms with Gasteiger partial charge >= 0.3 is 0 Å². The molecule has 50 valence electrons. The fourth-order valence-electron chi connectivity index (χ4n) is 0.405. The Morgan fingerprint density at radius 2 is 2.00 bits per heavy atom. The van der Waals surface area contributed by atoms with Crippen LogP contribution >= 0.6 is 15.9 Å². The number of likely N-dealkylation sites (N-methyl/N-ethyl adjacent to an activating group) is 1. The molecule has 2 N–H and O–H groups in total. The first-order valence-electron chi connectivity index (χ1n) is 2.83. The van der Waals surface area contributed by atoms with E-state index in [1.807, 2.05) is 7.05 Å². The van der Waals surface area contributed by atoms with Crippen LogP contribution < -0.4 is 10.6 Å². The maximum absolute atomic E-state index is 3.32. The molecule has 0 aromatic heterocycles. The van der Waals surface area contributed by atoms with Gasteiger partial charge < -0.3 is 10.6 Å². The predicted molar refractivity (Wildman–Crippen MR) is 40.6 cm³/mol. The van der Waals surface area contributed by atoms with Crippen LogP contribution in [-0.2, 0) is 0 Å². The monoisotopic (exact) mass is 180 g/mol. The predicted octanol–water partition coefficient (Wildman–Crippen LogP) is 0.190. The zero-order valence-corrected chi connectivity index (χ0v) is 6.79. The minimum absolute atomic E-state index is 1.04. The third kappa shape index (κ3) is 6.40. The molecule has 2 nitrogen and oxygen atoms in total. The van der Waals surface area contributed by atoms with E-state index in [0.717, 1.165) is 25.0 Å². The molecule has 8 heavy (non-hydrogen) atoms. The molecule has 0 radical (unpaired) electrons. The average Bonchev–Trinajstić information content (AvgIpc) is 1.81. The van der Waals surface area contributed by atoms with Gasteiger partial charge in [0.25, 0.3) is 0 Å². The van der Waals surface area contributed by atoms with Gasteiger partial charge in [0, 0.05) is 25.0 Å². The Morgan fingerprint density at radius 1 is 1.25 bits per heavy atom. The third-order valence-electron chi connectivity index (χ3n) is 0.823. The van der Waals surface area contributed by atoms with E-state index in [9.17, 15) is 0 Å². The number of rotatable bonds is 5. The lowest BCUT2D eigenvalue weighted by Crippen LogP contribution is -2.26. The van der Waals surface area contributed by atoms with E-state index in [2.05, 4.69) is 26.6 Å². The zero-order chi connectivity index (χ0) is 6.24. The van der Waals surface area contributed by atoms with Gasteiger partial charge in [-0.05, 0) is 7.05 Å². The van der Waals surface area contributed by atoms with Crippen molar-refractivity contribution in [3.05, 3.63) is 0 Å². The standard InChI is InChI=1S/C5H13BrN2/c1-7-4-5-8-3-2-6/h7-8H,2-5H2,1H3. The molecule has 0 atom stereocenters. The molecule has 0 unspecified atom stereocenters. The van der Waals surface area contributed by atoms with E-state index in [1.165, 1.54) is 0 Å². The molecule has 0 saturated carbocycles. The van der Waals surface area contributed by atoms with E-state index in [-0.39, 0.29) is 0 Å². The van der Waals surface area contributed by atoms with Crippen molar-refractivity contribution in [1.29, 1.82) is 0 Å². The molecule has 0 fully saturated rings. The summed E-state index contributed by atoms with van der Waals surface area (Å²) in [5.41, 5.74) is 0. The van der Waals surface area contributed by atoms with Crippen LogP contribution in [0.25, 0.3) is 0 Å². The Bertz CT molecular complexity index is 35.4. The van der Waals surface area contributed by atoms with Crippen molar-refractivity contribution in [2.75, 3.05) is 32.0 Å². The molecule has 0 saturated heterocycles. The van der Waals surface area contributed by atoms with Crippen molar-refractivity contribution >= 4 is 15.9 Å². The van der Waals surface area contributed by atoms with Gasteiger partial charge in [0.15, 0.2) is 0 Å². The second-order valence-electron chi connectivity index (χ2n) is 1.54. The van der Waals surface area contributed by atoms with Gasteiger partial charge in [-0.25, -0.2) is 0 Å². The summed E-state index contributed by atoms with van der Waals surface area (Å²) in [6.45, 7) is 3.16. The number of alkyl halides is 1. The summed E-state index contributed by atoms with van der Waals surface area (Å²) in [7, 11) is 1.95. The quantitative estimate of drug-likeness (QED) is 0.467. The highest BCUT2D eigenvalue weighted by Crippen LogP contribution is 1.72. The van der Waals surface area contributed by atoms with Crippen molar-refractivity contribution in [3.8, 4) is 0 Å². The Morgan fingerprint density at radius 3 is 2.50 bits per heavy atom. The lowest BCUT2D eigenvalue weighted by atomic mass is 10.6. The molecule has 0 aromatic rings. The molecular formula is C5H13BrN2. The van der Waals surface area contributed by atoms with Crippen LogP contribution in [0.4, 0.5) is 0 Å². The number of hydrogen-bond acceptors (Lipinski definition) is 2. The fourth-order valence-corrected chi connectivity index (χ4v) is 0.686. The van der Waals surface area contributed by atoms with E-state index >= 15 is 0 Å². The molecule has 0 heterocycles. The molecular weight excluding hydrogens is 168 g/mol. The van der Waals surface area contributed by atoms with Crippen LogP contribution in [0, 0.1) is 0 Å². The van der Waals surface area contributed by atoms with Gasteiger partial charge in [-0.15, -0.1) is 0 Å². The topological polar surface area (TPSA) is 24.1 Å². The van der Waals surface area contributed by atoms with Gasteiger partial charge in [0.2, 0.25) is 0 Å². The van der Waals surface area contributed by atoms with Crippen LogP contribution in [-0.4, -0.2) is 32.0 Å². The van der Waals surface area contributed by atoms with Crippen LogP contribution in [0.1, 0.15) is 0 Å². The number of nitrogens with one attached hydrogen (secondary N) is 2. The highest BCUT2D eigenvalue weighted by molar-refractivity contribution is 9.09. The van der Waals surface area contributed by atoms with Gasteiger partial charge in [-0.1, -0.05) is 15.9 Å². The summed E-state index contributed by atoms with van der Waals surface area (Å²) in [5, 5.41) is 7.31. The maximum atomic E-state index is 3.32. The van der Waals surface area contributed by atoms with Crippen molar-refractivity contribution in [2.45, 2.75) is 0 Å². The van der Waals surface area contributed by atoms with Crippen LogP contribution in [0.5, 0.6) is 0 Å². The first-order chi connectivity index (χ1) is 3.91. The number of halogens is 1. The SMILES string of the molecule is CNCCNCCBr. The summed E-state index contributed by atoms with van der Waals surface area (Å²) >= 11 is 3.32. The Labute approximate surface area is 59.2 Å². The highest BCUT2D eigenvalue weighted by atomic mass is 79.9. The van der Waals surface area contributed by atoms with Crippen molar-refractivity contribution in [1.82, 2.24) is 10.6 Å². The van der Waals surface area contributed by atoms with E-state index in [4.69, 9.17) is 0 Å². The van der Waals surface area contributed by atoms with Crippen LogP contribution in [0.2, 0.25) is 0 Å². The molecule has 3 heteroatoms. The normalized spacial score (nSPS) is 9.75. The van der Waals surface area contributed by atoms with Gasteiger partial charge in [-0.3, -0.25) is 0 Å². The molecule has 0 aliphatic heterocycles. The summed E-state index contributed by atoms with van der Waals surface area (Å²) < 4.78 is 0. The smallest absolute Gasteiger partial charge is 0.0157 e. The number of hydrogen-bond donors (Lipinski definition) is 2. The second-order valence-corrected chi connectivity index (χ2v) is 2.34. The molecule has 0 aliphatic carbocycles. The van der Waals surface area contributed by atoms with Crippen LogP contribution in [0.15, 0.2) is 0 Å². The molecule has 0 spiro atoms. The molecule has 0 rings (SSSR count). The first kappa shape index (κ1) is 8.40. The summed E-state index contributed by atoms with van der Waals surface area (Å²) in [6.07, 6.45) is 0.